The third kappa shape index (κ3) is 1.61. The predicted octanol–water partition coefficient (Wildman–Crippen LogP) is 2.36. The van der Waals surface area contributed by atoms with Crippen molar-refractivity contribution in [1.29, 1.82) is 0 Å². The molecular weight excluding hydrogens is 190 g/mol. The number of benzene rings is 1. The summed E-state index contributed by atoms with van der Waals surface area (Å²) in [7, 11) is 0. The molecule has 0 atom stereocenters. The molecular formula is C11H11N3O. The number of allylic oxidation sites excluding steroid dienone is 3. The maximum atomic E-state index is 9.40. The number of aliphatic hydroxyl groups excluding tert-OH is 1. The second-order valence-electron chi connectivity index (χ2n) is 3.15. The number of aliphatic hydroxyl groups is 1. The SMILES string of the molecule is C=C/C(=C(\C)O)n1nc2ccccc2n1. The van der Waals surface area contributed by atoms with Gasteiger partial charge in [0.2, 0.25) is 0 Å². The minimum absolute atomic E-state index is 0.144. The van der Waals surface area contributed by atoms with Crippen LogP contribution in [0.5, 0.6) is 0 Å². The van der Waals surface area contributed by atoms with Crippen molar-refractivity contribution in [2.45, 2.75) is 6.92 Å². The molecule has 4 heteroatoms. The highest BCUT2D eigenvalue weighted by Crippen LogP contribution is 2.12. The van der Waals surface area contributed by atoms with Crippen molar-refractivity contribution in [3.8, 4) is 0 Å². The van der Waals surface area contributed by atoms with E-state index in [4.69, 9.17) is 0 Å². The third-order valence-electron chi connectivity index (χ3n) is 2.07. The van der Waals surface area contributed by atoms with Gasteiger partial charge in [0.05, 0.1) is 0 Å². The zero-order chi connectivity index (χ0) is 10.8. The number of fused-ring (bicyclic) bond motifs is 1. The fourth-order valence-electron chi connectivity index (χ4n) is 1.34. The fourth-order valence-corrected chi connectivity index (χ4v) is 1.34. The number of aromatic nitrogens is 3. The lowest BCUT2D eigenvalue weighted by Crippen LogP contribution is -2.01. The molecule has 0 spiro atoms. The highest BCUT2D eigenvalue weighted by molar-refractivity contribution is 5.74. The lowest BCUT2D eigenvalue weighted by molar-refractivity contribution is 0.412. The van der Waals surface area contributed by atoms with Crippen LogP contribution in [0.2, 0.25) is 0 Å². The molecule has 0 radical (unpaired) electrons. The topological polar surface area (TPSA) is 50.9 Å². The molecule has 0 fully saturated rings. The van der Waals surface area contributed by atoms with Crippen LogP contribution in [0.4, 0.5) is 0 Å². The Kier molecular flexibility index (Phi) is 2.25. The predicted molar refractivity (Wildman–Crippen MR) is 59.2 cm³/mol. The van der Waals surface area contributed by atoms with Crippen molar-refractivity contribution in [1.82, 2.24) is 15.0 Å². The zero-order valence-electron chi connectivity index (χ0n) is 8.38. The Morgan fingerprint density at radius 1 is 1.33 bits per heavy atom. The van der Waals surface area contributed by atoms with Gasteiger partial charge in [0.1, 0.15) is 22.5 Å². The van der Waals surface area contributed by atoms with Gasteiger partial charge in [-0.15, -0.1) is 15.0 Å². The molecule has 76 valence electrons. The minimum Gasteiger partial charge on any atom is -0.510 e. The summed E-state index contributed by atoms with van der Waals surface area (Å²) >= 11 is 0. The van der Waals surface area contributed by atoms with Gasteiger partial charge in [0, 0.05) is 0 Å². The molecule has 1 N–H and O–H groups in total. The Morgan fingerprint density at radius 2 is 1.87 bits per heavy atom. The lowest BCUT2D eigenvalue weighted by atomic mass is 10.3. The summed E-state index contributed by atoms with van der Waals surface area (Å²) in [4.78, 5) is 1.38. The number of rotatable bonds is 2. The summed E-state index contributed by atoms with van der Waals surface area (Å²) < 4.78 is 0. The third-order valence-corrected chi connectivity index (χ3v) is 2.07. The normalized spacial score (nSPS) is 12.6. The number of nitrogens with zero attached hydrogens (tertiary/aromatic N) is 3. The molecule has 1 aromatic heterocycles. The summed E-state index contributed by atoms with van der Waals surface area (Å²) in [5.74, 6) is 0.144. The largest absolute Gasteiger partial charge is 0.510 e. The summed E-state index contributed by atoms with van der Waals surface area (Å²) in [6.07, 6.45) is 1.52. The molecule has 0 unspecified atom stereocenters. The standard InChI is InChI=1S/C11H11N3O/c1-3-11(8(2)15)14-12-9-6-4-5-7-10(9)13-14/h3-7,15H,1H2,2H3/b11-8-. The number of hydrogen-bond donors (Lipinski definition) is 1. The van der Waals surface area contributed by atoms with Gasteiger partial charge in [-0.2, -0.15) is 0 Å². The maximum absolute atomic E-state index is 9.40. The van der Waals surface area contributed by atoms with Crippen molar-refractivity contribution in [3.63, 3.8) is 0 Å². The van der Waals surface area contributed by atoms with Crippen LogP contribution in [0.25, 0.3) is 16.7 Å². The molecule has 0 aliphatic carbocycles. The Bertz CT molecular complexity index is 503. The van der Waals surface area contributed by atoms with Gasteiger partial charge in [-0.05, 0) is 25.1 Å². The van der Waals surface area contributed by atoms with E-state index in [0.29, 0.717) is 5.70 Å². The van der Waals surface area contributed by atoms with Gasteiger partial charge < -0.3 is 5.11 Å². The highest BCUT2D eigenvalue weighted by atomic mass is 16.3. The first kappa shape index (κ1) is 9.45. The lowest BCUT2D eigenvalue weighted by Gasteiger charge is -1.99. The van der Waals surface area contributed by atoms with Crippen molar-refractivity contribution in [2.24, 2.45) is 0 Å². The molecule has 0 bridgehead atoms. The molecule has 1 heterocycles. The Labute approximate surface area is 87.1 Å². The smallest absolute Gasteiger partial charge is 0.122 e. The summed E-state index contributed by atoms with van der Waals surface area (Å²) in [5.41, 5.74) is 2.07. The quantitative estimate of drug-likeness (QED) is 0.599. The molecule has 0 saturated heterocycles. The van der Waals surface area contributed by atoms with Gasteiger partial charge >= 0.3 is 0 Å². The first-order valence-electron chi connectivity index (χ1n) is 4.57. The van der Waals surface area contributed by atoms with Gasteiger partial charge in [-0.3, -0.25) is 0 Å². The summed E-state index contributed by atoms with van der Waals surface area (Å²) in [6, 6.07) is 7.52. The fraction of sp³-hybridized carbons (Fsp3) is 0.0909. The van der Waals surface area contributed by atoms with Gasteiger partial charge in [-0.25, -0.2) is 0 Å². The van der Waals surface area contributed by atoms with E-state index < -0.39 is 0 Å². The Balaban J connectivity index is 2.63. The van der Waals surface area contributed by atoms with E-state index >= 15 is 0 Å². The average molecular weight is 201 g/mol. The van der Waals surface area contributed by atoms with Crippen LogP contribution >= 0.6 is 0 Å². The van der Waals surface area contributed by atoms with Crippen LogP contribution in [0.15, 0.2) is 42.7 Å². The van der Waals surface area contributed by atoms with Crippen LogP contribution in [0, 0.1) is 0 Å². The van der Waals surface area contributed by atoms with Gasteiger partial charge in [-0.1, -0.05) is 18.7 Å². The highest BCUT2D eigenvalue weighted by Gasteiger charge is 2.05. The summed E-state index contributed by atoms with van der Waals surface area (Å²) in [6.45, 7) is 5.18. The van der Waals surface area contributed by atoms with Crippen molar-refractivity contribution in [3.05, 3.63) is 42.7 Å². The number of hydrogen-bond acceptors (Lipinski definition) is 3. The molecule has 1 aromatic carbocycles. The van der Waals surface area contributed by atoms with E-state index in [1.54, 1.807) is 6.92 Å². The van der Waals surface area contributed by atoms with E-state index in [1.165, 1.54) is 10.9 Å². The van der Waals surface area contributed by atoms with Crippen molar-refractivity contribution < 1.29 is 5.11 Å². The molecule has 0 aliphatic rings. The van der Waals surface area contributed by atoms with Crippen LogP contribution in [0.3, 0.4) is 0 Å². The van der Waals surface area contributed by atoms with Crippen molar-refractivity contribution >= 4 is 16.7 Å². The van der Waals surface area contributed by atoms with Crippen molar-refractivity contribution in [2.75, 3.05) is 0 Å². The van der Waals surface area contributed by atoms with Crippen LogP contribution < -0.4 is 0 Å². The van der Waals surface area contributed by atoms with E-state index in [2.05, 4.69) is 16.8 Å². The second kappa shape index (κ2) is 3.57. The van der Waals surface area contributed by atoms with Crippen LogP contribution in [-0.2, 0) is 0 Å². The molecule has 0 amide bonds. The van der Waals surface area contributed by atoms with E-state index in [1.807, 2.05) is 24.3 Å². The first-order chi connectivity index (χ1) is 7.22. The second-order valence-corrected chi connectivity index (χ2v) is 3.15. The molecule has 2 aromatic rings. The Morgan fingerprint density at radius 3 is 2.27 bits per heavy atom. The molecule has 4 nitrogen and oxygen atoms in total. The van der Waals surface area contributed by atoms with E-state index in [9.17, 15) is 5.11 Å². The van der Waals surface area contributed by atoms with Gasteiger partial charge in [0.25, 0.3) is 0 Å². The van der Waals surface area contributed by atoms with Crippen LogP contribution in [0.1, 0.15) is 6.92 Å². The zero-order valence-corrected chi connectivity index (χ0v) is 8.38. The summed E-state index contributed by atoms with van der Waals surface area (Å²) in [5, 5.41) is 17.8. The molecule has 2 rings (SSSR count). The van der Waals surface area contributed by atoms with E-state index in [-0.39, 0.29) is 5.76 Å². The Hall–Kier alpha value is -2.10. The maximum Gasteiger partial charge on any atom is 0.122 e. The van der Waals surface area contributed by atoms with Gasteiger partial charge in [0.15, 0.2) is 0 Å². The first-order valence-corrected chi connectivity index (χ1v) is 4.57. The van der Waals surface area contributed by atoms with Crippen LogP contribution in [-0.4, -0.2) is 20.1 Å². The van der Waals surface area contributed by atoms with E-state index in [0.717, 1.165) is 11.0 Å². The molecule has 15 heavy (non-hydrogen) atoms. The monoisotopic (exact) mass is 201 g/mol. The molecule has 0 saturated carbocycles. The average Bonchev–Trinajstić information content (AvgIpc) is 2.61. The molecule has 0 aliphatic heterocycles. The minimum atomic E-state index is 0.144.